The Hall–Kier alpha value is -2.29. The molecule has 3 unspecified atom stereocenters. The minimum absolute atomic E-state index is 0.0237. The van der Waals surface area contributed by atoms with Crippen molar-refractivity contribution in [1.29, 1.82) is 0 Å². The summed E-state index contributed by atoms with van der Waals surface area (Å²) >= 11 is 0. The number of hydrogen-bond acceptors (Lipinski definition) is 7. The molecular formula is C75H141N2O7P. The van der Waals surface area contributed by atoms with Crippen molar-refractivity contribution in [3.8, 4) is 0 Å². The predicted octanol–water partition coefficient (Wildman–Crippen LogP) is 22.7. The topological polar surface area (TPSA) is 114 Å². The van der Waals surface area contributed by atoms with Crippen LogP contribution in [0.15, 0.2) is 60.8 Å². The summed E-state index contributed by atoms with van der Waals surface area (Å²) in [7, 11) is 1.19. The highest BCUT2D eigenvalue weighted by atomic mass is 31.2. The molecule has 0 aliphatic carbocycles. The van der Waals surface area contributed by atoms with E-state index < -0.39 is 20.0 Å². The van der Waals surface area contributed by atoms with Gasteiger partial charge in [0, 0.05) is 12.8 Å². The summed E-state index contributed by atoms with van der Waals surface area (Å²) in [6.07, 6.45) is 83.5. The number of nitrogens with zero attached hydrogens (tertiary/aromatic N) is 1. The quantitative estimate of drug-likeness (QED) is 0.0212. The van der Waals surface area contributed by atoms with Crippen LogP contribution in [0.25, 0.3) is 0 Å². The largest absolute Gasteiger partial charge is 0.756 e. The minimum Gasteiger partial charge on any atom is -0.756 e. The lowest BCUT2D eigenvalue weighted by Gasteiger charge is -2.30. The first-order valence-corrected chi connectivity index (χ1v) is 38.1. The highest BCUT2D eigenvalue weighted by Crippen LogP contribution is 2.38. The number of ether oxygens (including phenoxy) is 1. The summed E-state index contributed by atoms with van der Waals surface area (Å²) in [6, 6.07) is -0.893. The molecule has 0 saturated carbocycles. The van der Waals surface area contributed by atoms with Crippen molar-refractivity contribution in [3.05, 3.63) is 60.8 Å². The van der Waals surface area contributed by atoms with E-state index in [1.165, 1.54) is 238 Å². The molecule has 0 aromatic rings. The average molecular weight is 1210 g/mol. The number of nitrogens with one attached hydrogen (secondary N) is 1. The summed E-state index contributed by atoms with van der Waals surface area (Å²) in [5, 5.41) is 3.04. The van der Waals surface area contributed by atoms with Crippen molar-refractivity contribution in [1.82, 2.24) is 5.32 Å². The SMILES string of the molecule is CCCCC/C=C\C/C=C\C/C=C\CCCCCCCCCCC(=O)NC(COP(=O)([O-])OCC[N+](C)(C)C)C(/C=C\CCCCCCCCCCC)OC(=O)CCCCCCCCCCCCCCCCCCC/C=C/CCCCCCCC. The van der Waals surface area contributed by atoms with E-state index in [9.17, 15) is 19.0 Å². The maximum atomic E-state index is 13.6. The Bertz CT molecular complexity index is 1640. The van der Waals surface area contributed by atoms with Crippen molar-refractivity contribution in [3.63, 3.8) is 0 Å². The van der Waals surface area contributed by atoms with Crippen molar-refractivity contribution >= 4 is 19.7 Å². The first-order chi connectivity index (χ1) is 41.4. The molecule has 0 spiro atoms. The first-order valence-electron chi connectivity index (χ1n) is 36.6. The Morgan fingerprint density at radius 1 is 0.412 bits per heavy atom. The highest BCUT2D eigenvalue weighted by molar-refractivity contribution is 7.45. The van der Waals surface area contributed by atoms with Gasteiger partial charge in [-0.1, -0.05) is 307 Å². The third kappa shape index (κ3) is 66.0. The van der Waals surface area contributed by atoms with E-state index in [4.69, 9.17) is 13.8 Å². The van der Waals surface area contributed by atoms with Crippen molar-refractivity contribution in [2.24, 2.45) is 0 Å². The zero-order valence-electron chi connectivity index (χ0n) is 57.1. The van der Waals surface area contributed by atoms with E-state index in [0.29, 0.717) is 17.4 Å². The van der Waals surface area contributed by atoms with Gasteiger partial charge in [0.05, 0.1) is 33.8 Å². The van der Waals surface area contributed by atoms with Gasteiger partial charge in [-0.05, 0) is 96.0 Å². The number of carbonyl (C=O) groups excluding carboxylic acids is 2. The lowest BCUT2D eigenvalue weighted by atomic mass is 10.0. The van der Waals surface area contributed by atoms with Gasteiger partial charge in [0.25, 0.3) is 7.82 Å². The molecule has 10 heteroatoms. The Kier molecular flexibility index (Phi) is 62.9. The van der Waals surface area contributed by atoms with Crippen molar-refractivity contribution in [2.45, 2.75) is 367 Å². The molecular weight excluding hydrogens is 1070 g/mol. The van der Waals surface area contributed by atoms with Crippen LogP contribution < -0.4 is 10.2 Å². The van der Waals surface area contributed by atoms with Gasteiger partial charge < -0.3 is 28.5 Å². The van der Waals surface area contributed by atoms with E-state index in [-0.39, 0.29) is 31.5 Å². The molecule has 9 nitrogen and oxygen atoms in total. The number of quaternary nitrogens is 1. The van der Waals surface area contributed by atoms with Gasteiger partial charge in [0.15, 0.2) is 0 Å². The molecule has 0 bridgehead atoms. The van der Waals surface area contributed by atoms with Crippen LogP contribution in [-0.2, 0) is 27.9 Å². The van der Waals surface area contributed by atoms with E-state index in [1.54, 1.807) is 0 Å². The molecule has 0 rings (SSSR count). The van der Waals surface area contributed by atoms with Gasteiger partial charge in [-0.2, -0.15) is 0 Å². The van der Waals surface area contributed by atoms with Crippen LogP contribution in [0.4, 0.5) is 0 Å². The maximum absolute atomic E-state index is 13.6. The molecule has 85 heavy (non-hydrogen) atoms. The average Bonchev–Trinajstić information content (AvgIpc) is 3.57. The molecule has 0 aromatic carbocycles. The van der Waals surface area contributed by atoms with Crippen LogP contribution in [0.3, 0.4) is 0 Å². The summed E-state index contributed by atoms with van der Waals surface area (Å²) in [4.78, 5) is 40.2. The number of hydrogen-bond donors (Lipinski definition) is 1. The molecule has 1 amide bonds. The van der Waals surface area contributed by atoms with Gasteiger partial charge in [0.2, 0.25) is 5.91 Å². The lowest BCUT2D eigenvalue weighted by Crippen LogP contribution is -2.47. The van der Waals surface area contributed by atoms with E-state index in [0.717, 1.165) is 83.5 Å². The normalized spacial score (nSPS) is 13.8. The molecule has 0 radical (unpaired) electrons. The Morgan fingerprint density at radius 3 is 1.11 bits per heavy atom. The third-order valence-corrected chi connectivity index (χ3v) is 17.4. The fourth-order valence-electron chi connectivity index (χ4n) is 10.8. The number of carbonyl (C=O) groups is 2. The fraction of sp³-hybridized carbons (Fsp3) is 0.840. The zero-order chi connectivity index (χ0) is 62.1. The number of phosphoric ester groups is 1. The summed E-state index contributed by atoms with van der Waals surface area (Å²) in [5.74, 6) is -0.536. The molecule has 0 aliphatic heterocycles. The van der Waals surface area contributed by atoms with E-state index in [1.807, 2.05) is 33.3 Å². The maximum Gasteiger partial charge on any atom is 0.306 e. The minimum atomic E-state index is -4.71. The highest BCUT2D eigenvalue weighted by Gasteiger charge is 2.27. The Morgan fingerprint density at radius 2 is 0.718 bits per heavy atom. The standard InChI is InChI=1S/C75H141N2O7P/c1-7-10-13-16-19-22-25-27-29-31-33-35-36-37-38-39-40-42-44-46-48-50-53-56-59-62-65-68-75(79)84-73(66-63-60-57-54-51-24-21-18-15-12-9-3)72(71-83-85(80,81)82-70-69-77(4,5)6)76-74(78)67-64-61-58-55-52-49-47-45-43-41-34-32-30-28-26-23-20-17-14-11-8-2/h20,23,27-30,34,41,63,66,72-73H,7-19,21-22,24-26,31-33,35-40,42-62,64-65,67-71H2,1-6H3,(H-,76,78,80,81)/b23-20-,29-27+,30-28-,41-34-,66-63-. The van der Waals surface area contributed by atoms with E-state index >= 15 is 0 Å². The predicted molar refractivity (Wildman–Crippen MR) is 367 cm³/mol. The molecule has 0 aromatic heterocycles. The number of amides is 1. The van der Waals surface area contributed by atoms with Crippen LogP contribution >= 0.6 is 7.82 Å². The van der Waals surface area contributed by atoms with Crippen molar-refractivity contribution < 1.29 is 37.3 Å². The first kappa shape index (κ1) is 82.7. The second kappa shape index (κ2) is 64.7. The van der Waals surface area contributed by atoms with Gasteiger partial charge in [-0.3, -0.25) is 14.2 Å². The number of esters is 1. The molecule has 0 aliphatic rings. The van der Waals surface area contributed by atoms with Crippen LogP contribution in [-0.4, -0.2) is 69.4 Å². The monoisotopic (exact) mass is 1210 g/mol. The van der Waals surface area contributed by atoms with Gasteiger partial charge in [0.1, 0.15) is 19.3 Å². The van der Waals surface area contributed by atoms with Gasteiger partial charge in [-0.15, -0.1) is 0 Å². The van der Waals surface area contributed by atoms with Crippen LogP contribution in [0.5, 0.6) is 0 Å². The molecule has 1 N–H and O–H groups in total. The third-order valence-electron chi connectivity index (χ3n) is 16.4. The fourth-order valence-corrected chi connectivity index (χ4v) is 11.5. The van der Waals surface area contributed by atoms with Gasteiger partial charge >= 0.3 is 5.97 Å². The number of unbranched alkanes of at least 4 members (excludes halogenated alkanes) is 43. The second-order valence-corrected chi connectivity index (χ2v) is 27.5. The summed E-state index contributed by atoms with van der Waals surface area (Å²) < 4.78 is 30.4. The Labute approximate surface area is 528 Å². The van der Waals surface area contributed by atoms with Crippen LogP contribution in [0.1, 0.15) is 355 Å². The molecule has 0 saturated heterocycles. The second-order valence-electron chi connectivity index (χ2n) is 26.1. The van der Waals surface area contributed by atoms with Crippen LogP contribution in [0.2, 0.25) is 0 Å². The molecule has 0 fully saturated rings. The van der Waals surface area contributed by atoms with Crippen molar-refractivity contribution in [2.75, 3.05) is 40.9 Å². The van der Waals surface area contributed by atoms with Gasteiger partial charge in [-0.25, -0.2) is 0 Å². The lowest BCUT2D eigenvalue weighted by molar-refractivity contribution is -0.870. The molecule has 498 valence electrons. The number of rotatable bonds is 67. The van der Waals surface area contributed by atoms with Crippen LogP contribution in [0, 0.1) is 0 Å². The smallest absolute Gasteiger partial charge is 0.306 e. The summed E-state index contributed by atoms with van der Waals surface area (Å²) in [6.45, 7) is 6.84. The number of allylic oxidation sites excluding steroid dienone is 9. The molecule has 0 heterocycles. The molecule has 3 atom stereocenters. The number of likely N-dealkylation sites (N-methyl/N-ethyl adjacent to an activating group) is 1. The Balaban J connectivity index is 4.96. The summed E-state index contributed by atoms with van der Waals surface area (Å²) in [5.41, 5.74) is 0. The van der Waals surface area contributed by atoms with E-state index in [2.05, 4.69) is 74.7 Å². The number of phosphoric acid groups is 1. The zero-order valence-corrected chi connectivity index (χ0v) is 58.0.